The molecule has 0 saturated heterocycles. The maximum Gasteiger partial charge on any atom is 0.331 e. The first-order valence-corrected chi connectivity index (χ1v) is 9.65. The van der Waals surface area contributed by atoms with Crippen molar-refractivity contribution in [2.24, 2.45) is 5.92 Å². The highest BCUT2D eigenvalue weighted by Crippen LogP contribution is 2.30. The molecule has 1 aromatic rings. The van der Waals surface area contributed by atoms with Gasteiger partial charge in [0.1, 0.15) is 0 Å². The maximum absolute atomic E-state index is 12.0. The molecule has 0 bridgehead atoms. The van der Waals surface area contributed by atoms with Crippen molar-refractivity contribution in [3.8, 4) is 11.5 Å². The van der Waals surface area contributed by atoms with E-state index in [0.717, 1.165) is 31.2 Å². The topological polar surface area (TPSA) is 73.9 Å². The molecule has 1 aliphatic carbocycles. The van der Waals surface area contributed by atoms with E-state index in [4.69, 9.17) is 14.2 Å². The summed E-state index contributed by atoms with van der Waals surface area (Å²) in [5, 5.41) is 2.97. The van der Waals surface area contributed by atoms with Gasteiger partial charge in [0.05, 0.1) is 13.2 Å². The van der Waals surface area contributed by atoms with Crippen molar-refractivity contribution in [2.45, 2.75) is 45.1 Å². The van der Waals surface area contributed by atoms with Crippen LogP contribution >= 0.6 is 0 Å². The fourth-order valence-corrected chi connectivity index (χ4v) is 3.41. The zero-order valence-corrected chi connectivity index (χ0v) is 15.7. The van der Waals surface area contributed by atoms with Crippen molar-refractivity contribution >= 4 is 18.0 Å². The van der Waals surface area contributed by atoms with Crippen LogP contribution in [0.1, 0.15) is 44.6 Å². The Kier molecular flexibility index (Phi) is 6.74. The van der Waals surface area contributed by atoms with Crippen molar-refractivity contribution in [3.05, 3.63) is 29.8 Å². The summed E-state index contributed by atoms with van der Waals surface area (Å²) in [4.78, 5) is 23.9. The first-order chi connectivity index (χ1) is 13.1. The predicted molar refractivity (Wildman–Crippen MR) is 102 cm³/mol. The molecule has 6 nitrogen and oxygen atoms in total. The van der Waals surface area contributed by atoms with Crippen LogP contribution in [0.15, 0.2) is 24.3 Å². The minimum absolute atomic E-state index is 0.183. The van der Waals surface area contributed by atoms with Crippen molar-refractivity contribution in [1.82, 2.24) is 5.32 Å². The van der Waals surface area contributed by atoms with Crippen LogP contribution in [0.3, 0.4) is 0 Å². The summed E-state index contributed by atoms with van der Waals surface area (Å²) in [6, 6.07) is 5.67. The Morgan fingerprint density at radius 2 is 1.93 bits per heavy atom. The standard InChI is InChI=1S/C21H27NO5/c1-15-5-2-3-6-17(15)22-20(23)14-27-21(24)10-8-16-7-9-18-19(13-16)26-12-4-11-25-18/h7-10,13,15,17H,2-6,11-12,14H2,1H3,(H,22,23)/b10-8+/t15-,17-/m1/s1. The van der Waals surface area contributed by atoms with E-state index in [1.165, 1.54) is 12.5 Å². The molecular weight excluding hydrogens is 346 g/mol. The molecule has 2 atom stereocenters. The average molecular weight is 373 g/mol. The largest absolute Gasteiger partial charge is 0.490 e. The van der Waals surface area contributed by atoms with Gasteiger partial charge >= 0.3 is 5.97 Å². The third-order valence-corrected chi connectivity index (χ3v) is 4.99. The summed E-state index contributed by atoms with van der Waals surface area (Å²) in [6.07, 6.45) is 8.26. The number of rotatable bonds is 5. The number of hydrogen-bond acceptors (Lipinski definition) is 5. The van der Waals surface area contributed by atoms with E-state index in [-0.39, 0.29) is 18.6 Å². The minimum Gasteiger partial charge on any atom is -0.490 e. The molecule has 1 aliphatic heterocycles. The van der Waals surface area contributed by atoms with Crippen molar-refractivity contribution in [1.29, 1.82) is 0 Å². The lowest BCUT2D eigenvalue weighted by atomic mass is 9.86. The molecule has 2 aliphatic rings. The summed E-state index contributed by atoms with van der Waals surface area (Å²) in [6.45, 7) is 3.13. The molecule has 146 valence electrons. The molecule has 3 rings (SSSR count). The Labute approximate surface area is 159 Å². The van der Waals surface area contributed by atoms with E-state index < -0.39 is 5.97 Å². The first kappa shape index (κ1) is 19.3. The number of carbonyl (C=O) groups is 2. The third-order valence-electron chi connectivity index (χ3n) is 4.99. The van der Waals surface area contributed by atoms with Crippen LogP contribution in [0.4, 0.5) is 0 Å². The van der Waals surface area contributed by atoms with Crippen molar-refractivity contribution in [3.63, 3.8) is 0 Å². The van der Waals surface area contributed by atoms with Gasteiger partial charge in [-0.15, -0.1) is 0 Å². The summed E-state index contributed by atoms with van der Waals surface area (Å²) in [5.74, 6) is 1.06. The number of esters is 1. The van der Waals surface area contributed by atoms with Gasteiger partial charge in [-0.1, -0.05) is 25.8 Å². The highest BCUT2D eigenvalue weighted by atomic mass is 16.5. The van der Waals surface area contributed by atoms with Gasteiger partial charge in [0.25, 0.3) is 5.91 Å². The number of carbonyl (C=O) groups excluding carboxylic acids is 2. The Bertz CT molecular complexity index is 700. The summed E-state index contributed by atoms with van der Waals surface area (Å²) >= 11 is 0. The number of benzene rings is 1. The molecule has 6 heteroatoms. The molecule has 1 fully saturated rings. The van der Waals surface area contributed by atoms with Crippen LogP contribution in [-0.2, 0) is 14.3 Å². The fraction of sp³-hybridized carbons (Fsp3) is 0.524. The number of fused-ring (bicyclic) bond motifs is 1. The quantitative estimate of drug-likeness (QED) is 0.634. The molecule has 1 saturated carbocycles. The SMILES string of the molecule is C[C@@H]1CCCC[C@H]1NC(=O)COC(=O)/C=C/c1ccc2c(c1)OCCCO2. The van der Waals surface area contributed by atoms with Crippen LogP contribution in [0.5, 0.6) is 11.5 Å². The first-order valence-electron chi connectivity index (χ1n) is 9.65. The molecule has 1 N–H and O–H groups in total. The molecule has 1 heterocycles. The van der Waals surface area contributed by atoms with Crippen LogP contribution < -0.4 is 14.8 Å². The number of hydrogen-bond donors (Lipinski definition) is 1. The second kappa shape index (κ2) is 9.44. The van der Waals surface area contributed by atoms with Crippen LogP contribution in [-0.4, -0.2) is 37.7 Å². The second-order valence-electron chi connectivity index (χ2n) is 7.13. The summed E-state index contributed by atoms with van der Waals surface area (Å²) < 4.78 is 16.2. The highest BCUT2D eigenvalue weighted by Gasteiger charge is 2.22. The van der Waals surface area contributed by atoms with Crippen molar-refractivity contribution < 1.29 is 23.8 Å². The summed E-state index contributed by atoms with van der Waals surface area (Å²) in [5.41, 5.74) is 0.802. The van der Waals surface area contributed by atoms with Gasteiger partial charge in [0, 0.05) is 18.5 Å². The van der Waals surface area contributed by atoms with E-state index >= 15 is 0 Å². The minimum atomic E-state index is -0.547. The molecule has 27 heavy (non-hydrogen) atoms. The lowest BCUT2D eigenvalue weighted by molar-refractivity contribution is -0.144. The molecule has 1 aromatic carbocycles. The number of amides is 1. The molecular formula is C21H27NO5. The molecule has 0 unspecified atom stereocenters. The highest BCUT2D eigenvalue weighted by molar-refractivity contribution is 5.89. The normalized spacial score (nSPS) is 22.1. The summed E-state index contributed by atoms with van der Waals surface area (Å²) in [7, 11) is 0. The zero-order valence-electron chi connectivity index (χ0n) is 15.7. The lowest BCUT2D eigenvalue weighted by Crippen LogP contribution is -2.42. The van der Waals surface area contributed by atoms with Gasteiger partial charge in [0.15, 0.2) is 18.1 Å². The maximum atomic E-state index is 12.0. The molecule has 0 spiro atoms. The third kappa shape index (κ3) is 5.74. The van der Waals surface area contributed by atoms with E-state index in [1.54, 1.807) is 6.08 Å². The molecule has 1 amide bonds. The van der Waals surface area contributed by atoms with Gasteiger partial charge in [0.2, 0.25) is 0 Å². The van der Waals surface area contributed by atoms with Gasteiger partial charge in [-0.25, -0.2) is 4.79 Å². The monoisotopic (exact) mass is 373 g/mol. The Hall–Kier alpha value is -2.50. The van der Waals surface area contributed by atoms with E-state index in [1.807, 2.05) is 18.2 Å². The van der Waals surface area contributed by atoms with E-state index in [0.29, 0.717) is 30.6 Å². The Morgan fingerprint density at radius 1 is 1.15 bits per heavy atom. The number of nitrogens with one attached hydrogen (secondary N) is 1. The van der Waals surface area contributed by atoms with Gasteiger partial charge in [-0.05, 0) is 42.5 Å². The van der Waals surface area contributed by atoms with Crippen LogP contribution in [0, 0.1) is 5.92 Å². The molecule has 0 radical (unpaired) electrons. The molecule has 0 aromatic heterocycles. The van der Waals surface area contributed by atoms with Gasteiger partial charge < -0.3 is 19.5 Å². The Balaban J connectivity index is 1.46. The van der Waals surface area contributed by atoms with Crippen LogP contribution in [0.2, 0.25) is 0 Å². The number of ether oxygens (including phenoxy) is 3. The lowest BCUT2D eigenvalue weighted by Gasteiger charge is -2.29. The average Bonchev–Trinajstić information content (AvgIpc) is 2.91. The van der Waals surface area contributed by atoms with Crippen molar-refractivity contribution in [2.75, 3.05) is 19.8 Å². The zero-order chi connectivity index (χ0) is 19.1. The van der Waals surface area contributed by atoms with Crippen LogP contribution in [0.25, 0.3) is 6.08 Å². The Morgan fingerprint density at radius 3 is 2.74 bits per heavy atom. The predicted octanol–water partition coefficient (Wildman–Crippen LogP) is 3.10. The smallest absolute Gasteiger partial charge is 0.331 e. The van der Waals surface area contributed by atoms with Gasteiger partial charge in [-0.3, -0.25) is 4.79 Å². The fourth-order valence-electron chi connectivity index (χ4n) is 3.41. The van der Waals surface area contributed by atoms with E-state index in [9.17, 15) is 9.59 Å². The van der Waals surface area contributed by atoms with Gasteiger partial charge in [-0.2, -0.15) is 0 Å². The second-order valence-corrected chi connectivity index (χ2v) is 7.13. The van der Waals surface area contributed by atoms with E-state index in [2.05, 4.69) is 12.2 Å².